The molecule has 4 rings (SSSR count). The Bertz CT molecular complexity index is 1240. The Hall–Kier alpha value is -3.25. The maximum atomic E-state index is 14.1. The van der Waals surface area contributed by atoms with Gasteiger partial charge in [-0.1, -0.05) is 29.8 Å². The normalized spacial score (nSPS) is 11.0. The Kier molecular flexibility index (Phi) is 3.89. The number of halogens is 2. The standard InChI is InChI=1S/C19H11ClFN3O2/c20-15-9-14-17(10-16(15)21)23(12-5-2-1-3-6-12)19(26)24(18(14)25)13-7-4-8-22-11-13/h1-11H. The second kappa shape index (κ2) is 6.24. The quantitative estimate of drug-likeness (QED) is 0.546. The molecule has 0 atom stereocenters. The molecule has 26 heavy (non-hydrogen) atoms. The van der Waals surface area contributed by atoms with E-state index in [2.05, 4.69) is 4.98 Å². The molecule has 7 heteroatoms. The van der Waals surface area contributed by atoms with Crippen LogP contribution in [0.2, 0.25) is 5.02 Å². The van der Waals surface area contributed by atoms with E-state index in [0.717, 1.165) is 10.6 Å². The van der Waals surface area contributed by atoms with E-state index >= 15 is 0 Å². The van der Waals surface area contributed by atoms with Gasteiger partial charge in [0.25, 0.3) is 5.56 Å². The van der Waals surface area contributed by atoms with E-state index in [1.807, 2.05) is 0 Å². The Morgan fingerprint density at radius 3 is 2.35 bits per heavy atom. The van der Waals surface area contributed by atoms with Crippen LogP contribution < -0.4 is 11.2 Å². The molecule has 4 aromatic rings. The van der Waals surface area contributed by atoms with Crippen LogP contribution in [-0.2, 0) is 0 Å². The van der Waals surface area contributed by atoms with Gasteiger partial charge in [-0.2, -0.15) is 0 Å². The molecular weight excluding hydrogens is 357 g/mol. The fourth-order valence-corrected chi connectivity index (χ4v) is 3.01. The number of benzene rings is 2. The van der Waals surface area contributed by atoms with Crippen LogP contribution in [0, 0.1) is 5.82 Å². The summed E-state index contributed by atoms with van der Waals surface area (Å²) < 4.78 is 16.3. The van der Waals surface area contributed by atoms with Crippen LogP contribution in [0.4, 0.5) is 4.39 Å². The fraction of sp³-hybridized carbons (Fsp3) is 0. The van der Waals surface area contributed by atoms with Gasteiger partial charge in [0.1, 0.15) is 5.82 Å². The molecule has 5 nitrogen and oxygen atoms in total. The summed E-state index contributed by atoms with van der Waals surface area (Å²) in [5.41, 5.74) is -0.250. The maximum absolute atomic E-state index is 14.1. The number of para-hydroxylation sites is 1. The molecule has 0 spiro atoms. The minimum Gasteiger partial charge on any atom is -0.268 e. The molecule has 0 aliphatic carbocycles. The fourth-order valence-electron chi connectivity index (χ4n) is 2.84. The molecule has 0 unspecified atom stereocenters. The molecule has 0 saturated heterocycles. The zero-order chi connectivity index (χ0) is 18.3. The van der Waals surface area contributed by atoms with Gasteiger partial charge in [-0.15, -0.1) is 0 Å². The first kappa shape index (κ1) is 16.2. The first-order valence-corrected chi connectivity index (χ1v) is 8.08. The highest BCUT2D eigenvalue weighted by molar-refractivity contribution is 6.31. The van der Waals surface area contributed by atoms with E-state index in [-0.39, 0.29) is 15.9 Å². The summed E-state index contributed by atoms with van der Waals surface area (Å²) in [5.74, 6) is -0.707. The van der Waals surface area contributed by atoms with E-state index < -0.39 is 17.1 Å². The third-order valence-corrected chi connectivity index (χ3v) is 4.30. The third kappa shape index (κ3) is 2.51. The number of aromatic nitrogens is 3. The summed E-state index contributed by atoms with van der Waals surface area (Å²) in [6, 6.07) is 14.3. The number of fused-ring (bicyclic) bond motifs is 1. The van der Waals surface area contributed by atoms with Crippen molar-refractivity contribution >= 4 is 22.5 Å². The van der Waals surface area contributed by atoms with Gasteiger partial charge in [-0.05, 0) is 30.3 Å². The molecule has 0 aliphatic rings. The van der Waals surface area contributed by atoms with Gasteiger partial charge < -0.3 is 0 Å². The molecule has 0 radical (unpaired) electrons. The van der Waals surface area contributed by atoms with Crippen LogP contribution in [0.3, 0.4) is 0 Å². The number of hydrogen-bond donors (Lipinski definition) is 0. The predicted octanol–water partition coefficient (Wildman–Crippen LogP) is 3.33. The average molecular weight is 368 g/mol. The summed E-state index contributed by atoms with van der Waals surface area (Å²) >= 11 is 5.87. The summed E-state index contributed by atoms with van der Waals surface area (Å²) in [4.78, 5) is 30.0. The van der Waals surface area contributed by atoms with Crippen molar-refractivity contribution in [3.63, 3.8) is 0 Å². The van der Waals surface area contributed by atoms with Crippen molar-refractivity contribution in [2.24, 2.45) is 0 Å². The second-order valence-electron chi connectivity index (χ2n) is 5.59. The molecule has 0 saturated carbocycles. The molecule has 0 aliphatic heterocycles. The van der Waals surface area contributed by atoms with Crippen molar-refractivity contribution < 1.29 is 4.39 Å². The van der Waals surface area contributed by atoms with E-state index in [9.17, 15) is 14.0 Å². The lowest BCUT2D eigenvalue weighted by atomic mass is 10.2. The lowest BCUT2D eigenvalue weighted by Crippen LogP contribution is -2.38. The Balaban J connectivity index is 2.24. The number of pyridine rings is 1. The van der Waals surface area contributed by atoms with Crippen LogP contribution in [0.15, 0.2) is 76.6 Å². The minimum absolute atomic E-state index is 0.128. The lowest BCUT2D eigenvalue weighted by Gasteiger charge is -2.14. The van der Waals surface area contributed by atoms with Crippen LogP contribution in [0.25, 0.3) is 22.3 Å². The van der Waals surface area contributed by atoms with E-state index in [4.69, 9.17) is 11.6 Å². The summed E-state index contributed by atoms with van der Waals surface area (Å²) in [6.07, 6.45) is 2.95. The smallest absolute Gasteiger partial charge is 0.268 e. The van der Waals surface area contributed by atoms with Gasteiger partial charge in [0.05, 0.1) is 33.5 Å². The van der Waals surface area contributed by atoms with E-state index in [1.54, 1.807) is 42.5 Å². The predicted molar refractivity (Wildman–Crippen MR) is 97.9 cm³/mol. The Morgan fingerprint density at radius 2 is 1.65 bits per heavy atom. The Morgan fingerprint density at radius 1 is 0.923 bits per heavy atom. The van der Waals surface area contributed by atoms with Gasteiger partial charge in [-0.25, -0.2) is 13.8 Å². The molecule has 2 aromatic carbocycles. The molecule has 0 amide bonds. The van der Waals surface area contributed by atoms with Crippen molar-refractivity contribution in [1.82, 2.24) is 14.1 Å². The van der Waals surface area contributed by atoms with Gasteiger partial charge in [-0.3, -0.25) is 14.3 Å². The second-order valence-corrected chi connectivity index (χ2v) is 6.00. The lowest BCUT2D eigenvalue weighted by molar-refractivity contribution is 0.629. The van der Waals surface area contributed by atoms with E-state index in [0.29, 0.717) is 11.4 Å². The van der Waals surface area contributed by atoms with Gasteiger partial charge in [0.15, 0.2) is 0 Å². The average Bonchev–Trinajstić information content (AvgIpc) is 2.66. The molecule has 0 N–H and O–H groups in total. The maximum Gasteiger partial charge on any atom is 0.340 e. The molecular formula is C19H11ClFN3O2. The van der Waals surface area contributed by atoms with Crippen molar-refractivity contribution in [2.45, 2.75) is 0 Å². The molecule has 0 bridgehead atoms. The zero-order valence-electron chi connectivity index (χ0n) is 13.3. The summed E-state index contributed by atoms with van der Waals surface area (Å²) in [6.45, 7) is 0. The highest BCUT2D eigenvalue weighted by atomic mass is 35.5. The summed E-state index contributed by atoms with van der Waals surface area (Å²) in [5, 5.41) is -0.0608. The van der Waals surface area contributed by atoms with Crippen LogP contribution in [-0.4, -0.2) is 14.1 Å². The SMILES string of the molecule is O=c1c2cc(Cl)c(F)cc2n(-c2ccccc2)c(=O)n1-c1cccnc1. The first-order valence-electron chi connectivity index (χ1n) is 7.70. The van der Waals surface area contributed by atoms with Gasteiger partial charge >= 0.3 is 5.69 Å². The highest BCUT2D eigenvalue weighted by Gasteiger charge is 2.17. The van der Waals surface area contributed by atoms with Crippen molar-refractivity contribution in [3.05, 3.63) is 98.7 Å². The molecule has 2 aromatic heterocycles. The summed E-state index contributed by atoms with van der Waals surface area (Å²) in [7, 11) is 0. The topological polar surface area (TPSA) is 56.9 Å². The van der Waals surface area contributed by atoms with Crippen molar-refractivity contribution in [2.75, 3.05) is 0 Å². The first-order chi connectivity index (χ1) is 12.6. The minimum atomic E-state index is -0.707. The molecule has 128 valence electrons. The number of rotatable bonds is 2. The van der Waals surface area contributed by atoms with Crippen LogP contribution in [0.1, 0.15) is 0 Å². The number of hydrogen-bond acceptors (Lipinski definition) is 3. The van der Waals surface area contributed by atoms with Crippen LogP contribution in [0.5, 0.6) is 0 Å². The zero-order valence-corrected chi connectivity index (χ0v) is 14.0. The van der Waals surface area contributed by atoms with Gasteiger partial charge in [0.2, 0.25) is 0 Å². The monoisotopic (exact) mass is 367 g/mol. The Labute approximate surface area is 151 Å². The largest absolute Gasteiger partial charge is 0.340 e. The van der Waals surface area contributed by atoms with Crippen molar-refractivity contribution in [1.29, 1.82) is 0 Å². The molecule has 0 fully saturated rings. The number of nitrogens with zero attached hydrogens (tertiary/aromatic N) is 3. The highest BCUT2D eigenvalue weighted by Crippen LogP contribution is 2.22. The van der Waals surface area contributed by atoms with E-state index in [1.165, 1.54) is 23.0 Å². The third-order valence-electron chi connectivity index (χ3n) is 4.01. The van der Waals surface area contributed by atoms with Crippen molar-refractivity contribution in [3.8, 4) is 11.4 Å². The molecule has 2 heterocycles. The van der Waals surface area contributed by atoms with Crippen LogP contribution >= 0.6 is 11.6 Å². The van der Waals surface area contributed by atoms with Gasteiger partial charge in [0, 0.05) is 12.3 Å².